The molecule has 0 bridgehead atoms. The molecule has 6 nitrogen and oxygen atoms in total. The van der Waals surface area contributed by atoms with Crippen LogP contribution in [-0.2, 0) is 10.3 Å². The second-order valence-corrected chi connectivity index (χ2v) is 7.18. The van der Waals surface area contributed by atoms with Gasteiger partial charge in [-0.25, -0.2) is 14.5 Å². The lowest BCUT2D eigenvalue weighted by molar-refractivity contribution is 0.00539. The number of aromatic nitrogens is 3. The number of hydrogen-bond acceptors (Lipinski definition) is 5. The molecule has 0 saturated carbocycles. The maximum absolute atomic E-state index is 12.3. The summed E-state index contributed by atoms with van der Waals surface area (Å²) in [4.78, 5) is 16.5. The van der Waals surface area contributed by atoms with Gasteiger partial charge in [0.25, 0.3) is 5.82 Å². The van der Waals surface area contributed by atoms with Gasteiger partial charge in [0, 0.05) is 6.42 Å². The maximum atomic E-state index is 12.3. The summed E-state index contributed by atoms with van der Waals surface area (Å²) in [5.41, 5.74) is -0.0679. The molecular formula is C18H23N3O3. The van der Waals surface area contributed by atoms with Gasteiger partial charge in [-0.1, -0.05) is 37.3 Å². The van der Waals surface area contributed by atoms with Crippen LogP contribution in [0.3, 0.4) is 0 Å². The molecule has 0 saturated heterocycles. The Hall–Kier alpha value is -2.21. The first-order valence-electron chi connectivity index (χ1n) is 8.21. The number of esters is 1. The van der Waals surface area contributed by atoms with E-state index < -0.39 is 23.2 Å². The predicted octanol–water partition coefficient (Wildman–Crippen LogP) is 2.82. The molecule has 0 spiro atoms. The summed E-state index contributed by atoms with van der Waals surface area (Å²) in [6, 6.07) is 9.90. The van der Waals surface area contributed by atoms with Gasteiger partial charge in [0.05, 0.1) is 5.54 Å². The highest BCUT2D eigenvalue weighted by Gasteiger charge is 2.46. The molecule has 128 valence electrons. The summed E-state index contributed by atoms with van der Waals surface area (Å²) in [5, 5.41) is 14.9. The molecule has 1 aromatic carbocycles. The molecule has 1 aliphatic heterocycles. The summed E-state index contributed by atoms with van der Waals surface area (Å²) in [6.07, 6.45) is 0.476. The summed E-state index contributed by atoms with van der Waals surface area (Å²) < 4.78 is 7.05. The van der Waals surface area contributed by atoms with Gasteiger partial charge in [-0.3, -0.25) is 0 Å². The topological polar surface area (TPSA) is 77.2 Å². The Kier molecular flexibility index (Phi) is 3.95. The third-order valence-corrected chi connectivity index (χ3v) is 4.34. The first kappa shape index (κ1) is 16.6. The Labute approximate surface area is 141 Å². The first-order chi connectivity index (χ1) is 11.3. The van der Waals surface area contributed by atoms with Crippen molar-refractivity contribution in [2.75, 3.05) is 0 Å². The van der Waals surface area contributed by atoms with Crippen LogP contribution in [0.15, 0.2) is 30.3 Å². The standard InChI is InChI=1S/C18H23N3O3/c1-5-18(12-9-7-6-8-10-12)11-13(22)15-19-14(20-21(15)18)16(23)24-17(2,3)4/h6-10,13,22H,5,11H2,1-4H3/t13-,18+/m1/s1. The number of aliphatic hydroxyl groups is 1. The summed E-state index contributed by atoms with van der Waals surface area (Å²) in [7, 11) is 0. The third-order valence-electron chi connectivity index (χ3n) is 4.34. The SMILES string of the molecule is CC[C@@]1(c2ccccc2)C[C@@H](O)c2nc(C(=O)OC(C)(C)C)nn21. The van der Waals surface area contributed by atoms with Gasteiger partial charge in [-0.2, -0.15) is 0 Å². The van der Waals surface area contributed by atoms with E-state index in [9.17, 15) is 9.90 Å². The largest absolute Gasteiger partial charge is 0.454 e. The highest BCUT2D eigenvalue weighted by atomic mass is 16.6. The smallest absolute Gasteiger partial charge is 0.378 e. The minimum absolute atomic E-state index is 0.00701. The number of nitrogens with zero attached hydrogens (tertiary/aromatic N) is 3. The van der Waals surface area contributed by atoms with E-state index in [1.807, 2.05) is 37.3 Å². The predicted molar refractivity (Wildman–Crippen MR) is 88.6 cm³/mol. The van der Waals surface area contributed by atoms with E-state index in [-0.39, 0.29) is 5.82 Å². The van der Waals surface area contributed by atoms with Crippen LogP contribution >= 0.6 is 0 Å². The number of carbonyl (C=O) groups is 1. The van der Waals surface area contributed by atoms with Gasteiger partial charge >= 0.3 is 5.97 Å². The van der Waals surface area contributed by atoms with Gasteiger partial charge in [0.1, 0.15) is 11.7 Å². The van der Waals surface area contributed by atoms with Crippen LogP contribution in [0, 0.1) is 0 Å². The molecule has 2 atom stereocenters. The van der Waals surface area contributed by atoms with Crippen molar-refractivity contribution in [1.82, 2.24) is 14.8 Å². The Morgan fingerprint density at radius 3 is 2.62 bits per heavy atom. The molecule has 1 N–H and O–H groups in total. The molecule has 1 aromatic heterocycles. The minimum atomic E-state index is -0.756. The van der Waals surface area contributed by atoms with Gasteiger partial charge in [-0.05, 0) is 32.8 Å². The van der Waals surface area contributed by atoms with Crippen LogP contribution in [0.25, 0.3) is 0 Å². The van der Waals surface area contributed by atoms with Crippen molar-refractivity contribution in [2.24, 2.45) is 0 Å². The number of carbonyl (C=O) groups excluding carboxylic acids is 1. The fourth-order valence-corrected chi connectivity index (χ4v) is 3.25. The van der Waals surface area contributed by atoms with Crippen LogP contribution in [0.5, 0.6) is 0 Å². The van der Waals surface area contributed by atoms with E-state index in [2.05, 4.69) is 10.1 Å². The molecule has 1 aliphatic rings. The van der Waals surface area contributed by atoms with E-state index in [4.69, 9.17) is 4.74 Å². The Morgan fingerprint density at radius 2 is 2.04 bits per heavy atom. The van der Waals surface area contributed by atoms with Gasteiger partial charge in [-0.15, -0.1) is 5.10 Å². The van der Waals surface area contributed by atoms with Crippen LogP contribution in [0.1, 0.15) is 68.6 Å². The maximum Gasteiger partial charge on any atom is 0.378 e. The Balaban J connectivity index is 2.04. The summed E-state index contributed by atoms with van der Waals surface area (Å²) in [5.74, 6) is -0.163. The Morgan fingerprint density at radius 1 is 1.38 bits per heavy atom. The number of hydrogen-bond donors (Lipinski definition) is 1. The molecule has 0 amide bonds. The van der Waals surface area contributed by atoms with Crippen molar-refractivity contribution >= 4 is 5.97 Å². The molecule has 2 heterocycles. The lowest BCUT2D eigenvalue weighted by Gasteiger charge is -2.29. The van der Waals surface area contributed by atoms with Crippen molar-refractivity contribution in [3.05, 3.63) is 47.5 Å². The van der Waals surface area contributed by atoms with Crippen molar-refractivity contribution in [2.45, 2.75) is 57.8 Å². The molecule has 24 heavy (non-hydrogen) atoms. The van der Waals surface area contributed by atoms with Crippen LogP contribution in [0.2, 0.25) is 0 Å². The second-order valence-electron chi connectivity index (χ2n) is 7.18. The monoisotopic (exact) mass is 329 g/mol. The highest BCUT2D eigenvalue weighted by molar-refractivity contribution is 5.85. The fraction of sp³-hybridized carbons (Fsp3) is 0.500. The molecule has 3 rings (SSSR count). The number of benzene rings is 1. The number of fused-ring (bicyclic) bond motifs is 1. The summed E-state index contributed by atoms with van der Waals surface area (Å²) in [6.45, 7) is 7.43. The van der Waals surface area contributed by atoms with Crippen LogP contribution in [-0.4, -0.2) is 31.4 Å². The van der Waals surface area contributed by atoms with Crippen molar-refractivity contribution in [3.8, 4) is 0 Å². The zero-order valence-electron chi connectivity index (χ0n) is 14.5. The third kappa shape index (κ3) is 2.71. The first-order valence-corrected chi connectivity index (χ1v) is 8.21. The molecule has 6 heteroatoms. The van der Waals surface area contributed by atoms with E-state index in [0.717, 1.165) is 12.0 Å². The molecule has 0 fully saturated rings. The normalized spacial score (nSPS) is 23.1. The summed E-state index contributed by atoms with van der Waals surface area (Å²) >= 11 is 0. The van der Waals surface area contributed by atoms with Crippen molar-refractivity contribution in [3.63, 3.8) is 0 Å². The molecule has 0 unspecified atom stereocenters. The van der Waals surface area contributed by atoms with Crippen molar-refractivity contribution in [1.29, 1.82) is 0 Å². The van der Waals surface area contributed by atoms with E-state index in [1.165, 1.54) is 0 Å². The Bertz CT molecular complexity index is 749. The van der Waals surface area contributed by atoms with Gasteiger partial charge < -0.3 is 9.84 Å². The highest BCUT2D eigenvalue weighted by Crippen LogP contribution is 2.44. The van der Waals surface area contributed by atoms with Crippen LogP contribution < -0.4 is 0 Å². The van der Waals surface area contributed by atoms with Gasteiger partial charge in [0.15, 0.2) is 5.82 Å². The van der Waals surface area contributed by atoms with Crippen molar-refractivity contribution < 1.29 is 14.6 Å². The lowest BCUT2D eigenvalue weighted by atomic mass is 9.85. The molecule has 2 aromatic rings. The number of rotatable bonds is 3. The molecule has 0 radical (unpaired) electrons. The second kappa shape index (κ2) is 5.70. The van der Waals surface area contributed by atoms with Gasteiger partial charge in [0.2, 0.25) is 0 Å². The quantitative estimate of drug-likeness (QED) is 0.876. The fourth-order valence-electron chi connectivity index (χ4n) is 3.25. The minimum Gasteiger partial charge on any atom is -0.454 e. The van der Waals surface area contributed by atoms with E-state index in [0.29, 0.717) is 12.2 Å². The zero-order chi connectivity index (χ0) is 17.5. The average molecular weight is 329 g/mol. The lowest BCUT2D eigenvalue weighted by Crippen LogP contribution is -2.32. The van der Waals surface area contributed by atoms with E-state index in [1.54, 1.807) is 25.5 Å². The van der Waals surface area contributed by atoms with Crippen LogP contribution in [0.4, 0.5) is 0 Å². The number of ether oxygens (including phenoxy) is 1. The average Bonchev–Trinajstić information content (AvgIpc) is 3.07. The molecular weight excluding hydrogens is 306 g/mol. The van der Waals surface area contributed by atoms with E-state index >= 15 is 0 Å². The molecule has 0 aliphatic carbocycles. The zero-order valence-corrected chi connectivity index (χ0v) is 14.5. The number of aliphatic hydroxyl groups excluding tert-OH is 1.